The van der Waals surface area contributed by atoms with Crippen LogP contribution in [0.15, 0.2) is 17.2 Å². The van der Waals surface area contributed by atoms with E-state index in [4.69, 9.17) is 4.98 Å². The van der Waals surface area contributed by atoms with Crippen LogP contribution in [0.2, 0.25) is 0 Å². The molecule has 34 heavy (non-hydrogen) atoms. The molecule has 3 aromatic heterocycles. The first kappa shape index (κ1) is 22.9. The number of hydrogen-bond donors (Lipinski definition) is 2. The molecule has 0 radical (unpaired) electrons. The van der Waals surface area contributed by atoms with Crippen molar-refractivity contribution in [3.8, 4) is 10.3 Å². The van der Waals surface area contributed by atoms with E-state index < -0.39 is 20.9 Å². The summed E-state index contributed by atoms with van der Waals surface area (Å²) in [5.74, 6) is 0.360. The molecule has 7 nitrogen and oxygen atoms in total. The van der Waals surface area contributed by atoms with Gasteiger partial charge < -0.3 is 0 Å². The molecule has 1 unspecified atom stereocenters. The summed E-state index contributed by atoms with van der Waals surface area (Å²) >= 11 is 1.07. The molecule has 2 aliphatic carbocycles. The molecule has 0 bridgehead atoms. The molecule has 11 heteroatoms. The molecule has 3 aliphatic rings. The Morgan fingerprint density at radius 3 is 2.76 bits per heavy atom. The van der Waals surface area contributed by atoms with Gasteiger partial charge in [0.1, 0.15) is 0 Å². The van der Waals surface area contributed by atoms with Crippen LogP contribution in [0.4, 0.5) is 14.5 Å². The minimum absolute atomic E-state index is 0.0954. The number of imidazole rings is 1. The van der Waals surface area contributed by atoms with Gasteiger partial charge in [0.2, 0.25) is 0 Å². The van der Waals surface area contributed by atoms with Gasteiger partial charge in [0.05, 0.1) is 0 Å². The summed E-state index contributed by atoms with van der Waals surface area (Å²) < 4.78 is 33.1. The van der Waals surface area contributed by atoms with Gasteiger partial charge in [0, 0.05) is 0 Å². The predicted octanol–water partition coefficient (Wildman–Crippen LogP) is 4.00. The average Bonchev–Trinajstić information content (AvgIpc) is 3.17. The number of alkyl halides is 2. The number of nitrogens with one attached hydrogen (secondary N) is 2. The Balaban J connectivity index is 1.51. The fraction of sp³-hybridized carbons (Fsp3) is 0.609. The summed E-state index contributed by atoms with van der Waals surface area (Å²) in [6, 6.07) is 2.62. The molecule has 2 N–H and O–H groups in total. The first-order valence-electron chi connectivity index (χ1n) is 12.0. The van der Waals surface area contributed by atoms with Crippen molar-refractivity contribution in [1.29, 1.82) is 0 Å². The number of halogens is 2. The van der Waals surface area contributed by atoms with E-state index in [1.54, 1.807) is 11.9 Å². The summed E-state index contributed by atoms with van der Waals surface area (Å²) in [5, 5.41) is 11.6. The number of hydrogen-bond acceptors (Lipinski definition) is 7. The van der Waals surface area contributed by atoms with E-state index in [0.29, 0.717) is 16.5 Å². The Morgan fingerprint density at radius 2 is 2.12 bits per heavy atom. The molecule has 6 rings (SSSR count). The number of nitrogens with zero attached hydrogens (tertiary/aromatic N) is 5. The van der Waals surface area contributed by atoms with E-state index in [2.05, 4.69) is 55.6 Å². The minimum atomic E-state index is -2.56. The number of pyridine rings is 1. The molecular weight excluding hydrogens is 523 g/mol. The van der Waals surface area contributed by atoms with E-state index >= 15 is 0 Å². The standard InChI is InChI=1S/C23H29F2N7SSe/c1-13-11-31(9-8-26-13)16-10-15(33-30-23(2)6-7-23)12-32-18(21-28-29-22(34-21)19(24)25)17(27-20(16)32)14-4-3-5-14/h10,12-14,19,26,30H,3-9,11H2,1-2H3. The first-order valence-corrected chi connectivity index (χ1v) is 14.5. The maximum absolute atomic E-state index is 13.4. The first-order chi connectivity index (χ1) is 16.4. The predicted molar refractivity (Wildman–Crippen MR) is 131 cm³/mol. The zero-order valence-corrected chi connectivity index (χ0v) is 21.9. The van der Waals surface area contributed by atoms with Crippen LogP contribution in [0, 0.1) is 0 Å². The van der Waals surface area contributed by atoms with Gasteiger partial charge in [-0.2, -0.15) is 0 Å². The maximum atomic E-state index is 13.4. The van der Waals surface area contributed by atoms with Crippen LogP contribution in [0.1, 0.15) is 68.6 Å². The molecule has 1 aliphatic heterocycles. The molecule has 4 heterocycles. The summed E-state index contributed by atoms with van der Waals surface area (Å²) in [6.45, 7) is 7.18. The Bertz CT molecular complexity index is 1200. The molecular formula is C23H29F2N7SSe. The van der Waals surface area contributed by atoms with Crippen LogP contribution in [-0.4, -0.2) is 65.3 Å². The van der Waals surface area contributed by atoms with E-state index in [-0.39, 0.29) is 10.1 Å². The second-order valence-electron chi connectivity index (χ2n) is 10.0. The van der Waals surface area contributed by atoms with Crippen molar-refractivity contribution < 1.29 is 8.78 Å². The topological polar surface area (TPSA) is 70.4 Å². The molecule has 182 valence electrons. The number of aromatic nitrogens is 4. The monoisotopic (exact) mass is 553 g/mol. The van der Waals surface area contributed by atoms with Crippen LogP contribution in [0.25, 0.3) is 15.9 Å². The van der Waals surface area contributed by atoms with Gasteiger partial charge in [-0.05, 0) is 0 Å². The van der Waals surface area contributed by atoms with Crippen LogP contribution < -0.4 is 14.9 Å². The molecule has 3 aromatic rings. The van der Waals surface area contributed by atoms with Gasteiger partial charge in [0.25, 0.3) is 0 Å². The Morgan fingerprint density at radius 1 is 1.29 bits per heavy atom. The zero-order chi connectivity index (χ0) is 23.4. The zero-order valence-electron chi connectivity index (χ0n) is 19.4. The second kappa shape index (κ2) is 8.85. The van der Waals surface area contributed by atoms with Gasteiger partial charge in [-0.1, -0.05) is 0 Å². The third-order valence-electron chi connectivity index (χ3n) is 7.15. The number of anilines is 1. The third kappa shape index (κ3) is 4.30. The molecule has 1 atom stereocenters. The van der Waals surface area contributed by atoms with E-state index in [0.717, 1.165) is 60.1 Å². The second-order valence-corrected chi connectivity index (χ2v) is 13.0. The molecule has 2 saturated carbocycles. The van der Waals surface area contributed by atoms with Crippen molar-refractivity contribution in [1.82, 2.24) is 29.6 Å². The summed E-state index contributed by atoms with van der Waals surface area (Å²) in [6.07, 6.45) is 5.26. The Labute approximate surface area is 208 Å². The molecule has 0 amide bonds. The van der Waals surface area contributed by atoms with Crippen molar-refractivity contribution in [2.75, 3.05) is 24.5 Å². The van der Waals surface area contributed by atoms with Gasteiger partial charge in [-0.15, -0.1) is 0 Å². The Kier molecular flexibility index (Phi) is 5.97. The van der Waals surface area contributed by atoms with Crippen molar-refractivity contribution in [3.05, 3.63) is 22.5 Å². The van der Waals surface area contributed by atoms with Crippen molar-refractivity contribution in [2.45, 2.75) is 74.8 Å². The molecule has 0 aromatic carbocycles. The van der Waals surface area contributed by atoms with E-state index in [9.17, 15) is 8.78 Å². The van der Waals surface area contributed by atoms with Gasteiger partial charge in [-0.3, -0.25) is 0 Å². The van der Waals surface area contributed by atoms with Crippen molar-refractivity contribution in [3.63, 3.8) is 0 Å². The van der Waals surface area contributed by atoms with Crippen LogP contribution >= 0.6 is 11.9 Å². The molecule has 3 fully saturated rings. The van der Waals surface area contributed by atoms with Crippen molar-refractivity contribution >= 4 is 37.8 Å². The van der Waals surface area contributed by atoms with Crippen LogP contribution in [0.5, 0.6) is 0 Å². The Hall–Kier alpha value is -1.52. The summed E-state index contributed by atoms with van der Waals surface area (Å²) in [4.78, 5) is 8.68. The SMILES string of the molecule is CC1CN(c2cc(SNC3(C)CC3)cn3c(-c4nnc(C(F)F)[se]4)c(C4CCC4)nc23)CCN1. The van der Waals surface area contributed by atoms with Gasteiger partial charge >= 0.3 is 208 Å². The quantitative estimate of drug-likeness (QED) is 0.339. The van der Waals surface area contributed by atoms with E-state index in [1.165, 1.54) is 19.3 Å². The third-order valence-corrected chi connectivity index (χ3v) is 10.2. The molecule has 0 spiro atoms. The van der Waals surface area contributed by atoms with Crippen LogP contribution in [0.3, 0.4) is 0 Å². The number of fused-ring (bicyclic) bond motifs is 1. The summed E-state index contributed by atoms with van der Waals surface area (Å²) in [5.41, 5.74) is 4.09. The van der Waals surface area contributed by atoms with Crippen LogP contribution in [-0.2, 0) is 0 Å². The number of rotatable bonds is 7. The average molecular weight is 553 g/mol. The van der Waals surface area contributed by atoms with Gasteiger partial charge in [0.15, 0.2) is 0 Å². The fourth-order valence-electron chi connectivity index (χ4n) is 4.63. The number of piperazine rings is 1. The fourth-order valence-corrected chi connectivity index (χ4v) is 7.10. The van der Waals surface area contributed by atoms with Crippen molar-refractivity contribution in [2.24, 2.45) is 0 Å². The summed E-state index contributed by atoms with van der Waals surface area (Å²) in [7, 11) is 0. The van der Waals surface area contributed by atoms with E-state index in [1.807, 2.05) is 0 Å². The molecule has 1 saturated heterocycles. The normalized spacial score (nSPS) is 22.5. The van der Waals surface area contributed by atoms with Gasteiger partial charge in [-0.25, -0.2) is 0 Å².